The molecule has 24 heavy (non-hydrogen) atoms. The summed E-state index contributed by atoms with van der Waals surface area (Å²) < 4.78 is 10.7. The summed E-state index contributed by atoms with van der Waals surface area (Å²) in [6.07, 6.45) is 2.89. The van der Waals surface area contributed by atoms with Gasteiger partial charge in [-0.3, -0.25) is 14.4 Å². The maximum Gasteiger partial charge on any atom is 0.308 e. The van der Waals surface area contributed by atoms with Crippen molar-refractivity contribution in [3.63, 3.8) is 0 Å². The molecule has 2 amide bonds. The molecule has 7 nitrogen and oxygen atoms in total. The van der Waals surface area contributed by atoms with Gasteiger partial charge in [0.1, 0.15) is 11.4 Å². The molecule has 4 rings (SSSR count). The van der Waals surface area contributed by atoms with Crippen molar-refractivity contribution < 1.29 is 29.0 Å². The fourth-order valence-electron chi connectivity index (χ4n) is 3.79. The largest absolute Gasteiger partial charge is 0.427 e. The van der Waals surface area contributed by atoms with Crippen molar-refractivity contribution in [3.8, 4) is 5.75 Å². The van der Waals surface area contributed by atoms with Gasteiger partial charge in [0, 0.05) is 13.0 Å². The Morgan fingerprint density at radius 1 is 1.38 bits per heavy atom. The van der Waals surface area contributed by atoms with E-state index in [2.05, 4.69) is 0 Å². The van der Waals surface area contributed by atoms with E-state index in [9.17, 15) is 19.5 Å². The van der Waals surface area contributed by atoms with Crippen molar-refractivity contribution in [1.29, 1.82) is 0 Å². The number of esters is 1. The number of nitrogens with zero attached hydrogens (tertiary/aromatic N) is 1. The number of benzene rings is 1. The SMILES string of the molecule is CC(=O)Oc1cccc(N2C(=O)[C@H]3[C@@H]4C=C[C@@](CO)(O4)[C@@H]3C2=O)c1. The van der Waals surface area contributed by atoms with Crippen LogP contribution in [0.4, 0.5) is 5.69 Å². The lowest BCUT2D eigenvalue weighted by Gasteiger charge is -2.26. The number of amides is 2. The molecular formula is C17H15NO6. The quantitative estimate of drug-likeness (QED) is 0.374. The Bertz CT molecular complexity index is 787. The lowest BCUT2D eigenvalue weighted by molar-refractivity contribution is -0.132. The minimum atomic E-state index is -1.12. The topological polar surface area (TPSA) is 93.1 Å². The molecule has 0 radical (unpaired) electrons. The fraction of sp³-hybridized carbons (Fsp3) is 0.353. The van der Waals surface area contributed by atoms with Crippen LogP contribution in [0.2, 0.25) is 0 Å². The second kappa shape index (κ2) is 4.99. The predicted octanol–water partition coefficient (Wildman–Crippen LogP) is 0.417. The van der Waals surface area contributed by atoms with Gasteiger partial charge >= 0.3 is 5.97 Å². The number of fused-ring (bicyclic) bond motifs is 5. The second-order valence-corrected chi connectivity index (χ2v) is 6.16. The van der Waals surface area contributed by atoms with E-state index in [1.54, 1.807) is 30.4 Å². The third-order valence-electron chi connectivity index (χ3n) is 4.74. The average Bonchev–Trinajstić information content (AvgIpc) is 3.18. The van der Waals surface area contributed by atoms with E-state index in [1.165, 1.54) is 13.0 Å². The summed E-state index contributed by atoms with van der Waals surface area (Å²) in [5.41, 5.74) is -0.782. The molecule has 124 valence electrons. The Hall–Kier alpha value is -2.51. The predicted molar refractivity (Wildman–Crippen MR) is 81.1 cm³/mol. The third kappa shape index (κ3) is 1.88. The molecule has 0 unspecified atom stereocenters. The number of imide groups is 1. The molecule has 2 fully saturated rings. The Kier molecular flexibility index (Phi) is 3.13. The lowest BCUT2D eigenvalue weighted by Crippen LogP contribution is -2.43. The molecule has 1 N–H and O–H groups in total. The first-order valence-electron chi connectivity index (χ1n) is 7.61. The zero-order chi connectivity index (χ0) is 17.1. The first-order chi connectivity index (χ1) is 11.5. The van der Waals surface area contributed by atoms with Crippen LogP contribution in [0, 0.1) is 11.8 Å². The van der Waals surface area contributed by atoms with Gasteiger partial charge in [0.2, 0.25) is 11.8 Å². The van der Waals surface area contributed by atoms with E-state index >= 15 is 0 Å². The maximum absolute atomic E-state index is 12.9. The number of carbonyl (C=O) groups is 3. The van der Waals surface area contributed by atoms with E-state index < -0.39 is 35.4 Å². The lowest BCUT2D eigenvalue weighted by atomic mass is 9.77. The maximum atomic E-state index is 12.9. The molecule has 7 heteroatoms. The van der Waals surface area contributed by atoms with Crippen LogP contribution in [0.15, 0.2) is 36.4 Å². The van der Waals surface area contributed by atoms with Crippen LogP contribution in [0.25, 0.3) is 0 Å². The second-order valence-electron chi connectivity index (χ2n) is 6.16. The number of hydrogen-bond donors (Lipinski definition) is 1. The number of hydrogen-bond acceptors (Lipinski definition) is 6. The minimum Gasteiger partial charge on any atom is -0.427 e. The molecule has 1 aromatic rings. The van der Waals surface area contributed by atoms with Crippen LogP contribution in [-0.4, -0.2) is 41.2 Å². The number of aliphatic hydroxyl groups is 1. The molecule has 1 aromatic carbocycles. The van der Waals surface area contributed by atoms with Gasteiger partial charge in [-0.2, -0.15) is 0 Å². The average molecular weight is 329 g/mol. The zero-order valence-corrected chi connectivity index (χ0v) is 12.8. The van der Waals surface area contributed by atoms with Crippen LogP contribution < -0.4 is 9.64 Å². The van der Waals surface area contributed by atoms with Gasteiger partial charge in [-0.15, -0.1) is 0 Å². The Morgan fingerprint density at radius 3 is 2.88 bits per heavy atom. The van der Waals surface area contributed by atoms with Gasteiger partial charge in [0.25, 0.3) is 0 Å². The van der Waals surface area contributed by atoms with Crippen molar-refractivity contribution >= 4 is 23.5 Å². The summed E-state index contributed by atoms with van der Waals surface area (Å²) >= 11 is 0. The highest BCUT2D eigenvalue weighted by Gasteiger charge is 2.67. The molecule has 3 aliphatic rings. The van der Waals surface area contributed by atoms with Crippen LogP contribution in [0.5, 0.6) is 5.75 Å². The third-order valence-corrected chi connectivity index (χ3v) is 4.74. The number of rotatable bonds is 3. The van der Waals surface area contributed by atoms with Crippen molar-refractivity contribution in [2.75, 3.05) is 11.5 Å². The van der Waals surface area contributed by atoms with E-state index in [0.29, 0.717) is 5.69 Å². The van der Waals surface area contributed by atoms with E-state index in [-0.39, 0.29) is 18.3 Å². The smallest absolute Gasteiger partial charge is 0.308 e. The van der Waals surface area contributed by atoms with Crippen molar-refractivity contribution in [2.24, 2.45) is 11.8 Å². The summed E-state index contributed by atoms with van der Waals surface area (Å²) in [5.74, 6) is -2.38. The monoisotopic (exact) mass is 329 g/mol. The molecule has 0 spiro atoms. The molecule has 0 saturated carbocycles. The highest BCUT2D eigenvalue weighted by Crippen LogP contribution is 2.52. The van der Waals surface area contributed by atoms with Crippen LogP contribution in [0.1, 0.15) is 6.92 Å². The number of anilines is 1. The highest BCUT2D eigenvalue weighted by atomic mass is 16.5. The Morgan fingerprint density at radius 2 is 2.17 bits per heavy atom. The molecule has 3 heterocycles. The standard InChI is InChI=1S/C17H15NO6/c1-9(20)23-11-4-2-3-10(7-11)18-15(21)13-12-5-6-17(8-19,24-12)14(13)16(18)22/h2-7,12-14,19H,8H2,1H3/t12-,13-,14-,17-/m0/s1. The summed E-state index contributed by atoms with van der Waals surface area (Å²) in [5, 5.41) is 9.68. The van der Waals surface area contributed by atoms with Crippen molar-refractivity contribution in [2.45, 2.75) is 18.6 Å². The van der Waals surface area contributed by atoms with Gasteiger partial charge in [-0.25, -0.2) is 4.90 Å². The van der Waals surface area contributed by atoms with Crippen LogP contribution in [-0.2, 0) is 19.1 Å². The Balaban J connectivity index is 1.71. The molecule has 3 aliphatic heterocycles. The van der Waals surface area contributed by atoms with E-state index in [4.69, 9.17) is 9.47 Å². The van der Waals surface area contributed by atoms with Gasteiger partial charge in [-0.05, 0) is 12.1 Å². The molecule has 0 aromatic heterocycles. The van der Waals surface area contributed by atoms with Gasteiger partial charge in [-0.1, -0.05) is 18.2 Å². The fourth-order valence-corrected chi connectivity index (χ4v) is 3.79. The normalized spacial score (nSPS) is 33.2. The minimum absolute atomic E-state index is 0.256. The van der Waals surface area contributed by atoms with Crippen LogP contribution >= 0.6 is 0 Å². The number of carbonyl (C=O) groups excluding carboxylic acids is 3. The van der Waals surface area contributed by atoms with Crippen molar-refractivity contribution in [3.05, 3.63) is 36.4 Å². The summed E-state index contributed by atoms with van der Waals surface area (Å²) in [6, 6.07) is 6.25. The first-order valence-corrected chi connectivity index (χ1v) is 7.61. The summed E-state index contributed by atoms with van der Waals surface area (Å²) in [7, 11) is 0. The van der Waals surface area contributed by atoms with Crippen molar-refractivity contribution in [1.82, 2.24) is 0 Å². The zero-order valence-electron chi connectivity index (χ0n) is 12.8. The first kappa shape index (κ1) is 15.0. The number of ether oxygens (including phenoxy) is 2. The van der Waals surface area contributed by atoms with E-state index in [1.807, 2.05) is 0 Å². The van der Waals surface area contributed by atoms with Gasteiger partial charge in [0.15, 0.2) is 0 Å². The molecular weight excluding hydrogens is 314 g/mol. The molecule has 4 atom stereocenters. The van der Waals surface area contributed by atoms with Gasteiger partial charge in [0.05, 0.1) is 30.2 Å². The van der Waals surface area contributed by atoms with Crippen LogP contribution in [0.3, 0.4) is 0 Å². The molecule has 0 aliphatic carbocycles. The summed E-state index contributed by atoms with van der Waals surface area (Å²) in [4.78, 5) is 37.8. The number of aliphatic hydroxyl groups excluding tert-OH is 1. The highest BCUT2D eigenvalue weighted by molar-refractivity contribution is 6.23. The Labute approximate surface area is 137 Å². The molecule has 2 bridgehead atoms. The molecule has 2 saturated heterocycles. The van der Waals surface area contributed by atoms with Gasteiger partial charge < -0.3 is 14.6 Å². The summed E-state index contributed by atoms with van der Waals surface area (Å²) in [6.45, 7) is 0.913. The van der Waals surface area contributed by atoms with E-state index in [0.717, 1.165) is 4.90 Å².